The van der Waals surface area contributed by atoms with Gasteiger partial charge in [-0.1, -0.05) is 6.08 Å². The number of allylic oxidation sites excluding steroid dienone is 3. The van der Waals surface area contributed by atoms with Gasteiger partial charge < -0.3 is 5.32 Å². The highest BCUT2D eigenvalue weighted by atomic mass is 127. The van der Waals surface area contributed by atoms with E-state index in [1.54, 1.807) is 6.08 Å². The molecule has 1 aliphatic heterocycles. The number of hydrogen-bond donors (Lipinski definition) is 1. The number of rotatable bonds is 1. The Morgan fingerprint density at radius 1 is 1.55 bits per heavy atom. The number of halogens is 3. The zero-order chi connectivity index (χ0) is 8.48. The largest absolute Gasteiger partial charge is 0.385 e. The van der Waals surface area contributed by atoms with Crippen LogP contribution in [0.15, 0.2) is 23.4 Å². The highest BCUT2D eigenvalue weighted by Crippen LogP contribution is 2.32. The molecule has 1 N–H and O–H groups in total. The van der Waals surface area contributed by atoms with E-state index in [-0.39, 0.29) is 12.1 Å². The number of dihydropyridines is 1. The maximum absolute atomic E-state index is 12.6. The molecule has 4 heteroatoms. The summed E-state index contributed by atoms with van der Waals surface area (Å²) in [5.41, 5.74) is 1.05. The van der Waals surface area contributed by atoms with Crippen LogP contribution < -0.4 is 5.32 Å². The predicted octanol–water partition coefficient (Wildman–Crippen LogP) is 2.45. The maximum atomic E-state index is 12.6. The number of nitrogens with one attached hydrogen (secondary N) is 1. The van der Waals surface area contributed by atoms with E-state index in [0.29, 0.717) is 0 Å². The lowest BCUT2D eigenvalue weighted by atomic mass is 10.2. The molecule has 62 valence electrons. The molecule has 1 nitrogen and oxygen atoms in total. The van der Waals surface area contributed by atoms with Crippen LogP contribution in [0.2, 0.25) is 0 Å². The summed E-state index contributed by atoms with van der Waals surface area (Å²) in [5, 5.41) is 2.85. The quantitative estimate of drug-likeness (QED) is 0.570. The van der Waals surface area contributed by atoms with Gasteiger partial charge in [0.1, 0.15) is 0 Å². The highest BCUT2D eigenvalue weighted by molar-refractivity contribution is 14.1. The van der Waals surface area contributed by atoms with Gasteiger partial charge in [0.2, 0.25) is 0 Å². The zero-order valence-electron chi connectivity index (χ0n) is 6.00. The third kappa shape index (κ3) is 2.43. The van der Waals surface area contributed by atoms with E-state index >= 15 is 0 Å². The fourth-order valence-electron chi connectivity index (χ4n) is 0.773. The van der Waals surface area contributed by atoms with E-state index in [4.69, 9.17) is 0 Å². The van der Waals surface area contributed by atoms with Crippen molar-refractivity contribution in [2.75, 3.05) is 6.54 Å². The lowest BCUT2D eigenvalue weighted by molar-refractivity contribution is 0.166. The highest BCUT2D eigenvalue weighted by Gasteiger charge is 2.29. The van der Waals surface area contributed by atoms with Crippen molar-refractivity contribution < 1.29 is 8.78 Å². The van der Waals surface area contributed by atoms with Crippen molar-refractivity contribution in [1.82, 2.24) is 5.32 Å². The lowest BCUT2D eigenvalue weighted by Gasteiger charge is -2.18. The molecule has 0 radical (unpaired) electrons. The SMILES string of the molecule is CC1=CC=C(C(F)(F)I)CN1. The predicted molar refractivity (Wildman–Crippen MR) is 48.8 cm³/mol. The average molecular weight is 271 g/mol. The molecule has 0 unspecified atom stereocenters. The van der Waals surface area contributed by atoms with E-state index < -0.39 is 3.93 Å². The maximum Gasteiger partial charge on any atom is 0.319 e. The summed E-state index contributed by atoms with van der Waals surface area (Å²) in [5.74, 6) is 0. The summed E-state index contributed by atoms with van der Waals surface area (Å²) in [6.07, 6.45) is 3.13. The monoisotopic (exact) mass is 271 g/mol. The smallest absolute Gasteiger partial charge is 0.319 e. The van der Waals surface area contributed by atoms with Crippen LogP contribution in [0.25, 0.3) is 0 Å². The first kappa shape index (κ1) is 8.96. The minimum absolute atomic E-state index is 0.128. The molecule has 1 heterocycles. The molecular formula is C7H8F2IN. The van der Waals surface area contributed by atoms with Crippen molar-refractivity contribution in [1.29, 1.82) is 0 Å². The van der Waals surface area contributed by atoms with E-state index in [1.807, 2.05) is 6.92 Å². The number of alkyl halides is 3. The molecule has 0 amide bonds. The Bertz CT molecular complexity index is 215. The van der Waals surface area contributed by atoms with Crippen LogP contribution in [0.5, 0.6) is 0 Å². The molecule has 1 aliphatic rings. The second-order valence-corrected chi connectivity index (χ2v) is 3.75. The van der Waals surface area contributed by atoms with Crippen molar-refractivity contribution in [2.24, 2.45) is 0 Å². The summed E-state index contributed by atoms with van der Waals surface area (Å²) in [7, 11) is 0. The summed E-state index contributed by atoms with van der Waals surface area (Å²) in [4.78, 5) is 0. The molecule has 0 aliphatic carbocycles. The Labute approximate surface area is 77.7 Å². The van der Waals surface area contributed by atoms with Gasteiger partial charge in [-0.15, -0.1) is 0 Å². The Morgan fingerprint density at radius 3 is 2.55 bits per heavy atom. The molecule has 1 rings (SSSR count). The van der Waals surface area contributed by atoms with Crippen molar-refractivity contribution in [3.8, 4) is 0 Å². The second-order valence-electron chi connectivity index (χ2n) is 2.39. The fraction of sp³-hybridized carbons (Fsp3) is 0.429. The molecule has 0 atom stereocenters. The van der Waals surface area contributed by atoms with Crippen LogP contribution in [0.1, 0.15) is 6.92 Å². The van der Waals surface area contributed by atoms with Gasteiger partial charge >= 0.3 is 3.93 Å². The third-order valence-corrected chi connectivity index (χ3v) is 2.15. The summed E-state index contributed by atoms with van der Waals surface area (Å²) >= 11 is 1.13. The molecule has 0 aromatic carbocycles. The molecule has 0 aromatic rings. The van der Waals surface area contributed by atoms with E-state index in [2.05, 4.69) is 5.32 Å². The Morgan fingerprint density at radius 2 is 2.18 bits per heavy atom. The van der Waals surface area contributed by atoms with E-state index in [0.717, 1.165) is 28.3 Å². The Balaban J connectivity index is 2.77. The first-order valence-electron chi connectivity index (χ1n) is 3.18. The fourth-order valence-corrected chi connectivity index (χ4v) is 1.14. The van der Waals surface area contributed by atoms with Gasteiger partial charge in [-0.25, -0.2) is 0 Å². The van der Waals surface area contributed by atoms with Crippen molar-refractivity contribution in [3.63, 3.8) is 0 Å². The minimum atomic E-state index is -2.72. The lowest BCUT2D eigenvalue weighted by Crippen LogP contribution is -2.25. The topological polar surface area (TPSA) is 12.0 Å². The van der Waals surface area contributed by atoms with Gasteiger partial charge in [-0.2, -0.15) is 8.78 Å². The van der Waals surface area contributed by atoms with Crippen LogP contribution in [-0.2, 0) is 0 Å². The molecule has 0 spiro atoms. The first-order chi connectivity index (χ1) is 5.00. The summed E-state index contributed by atoms with van der Waals surface area (Å²) in [6.45, 7) is 2.09. The van der Waals surface area contributed by atoms with E-state index in [9.17, 15) is 8.78 Å². The van der Waals surface area contributed by atoms with E-state index in [1.165, 1.54) is 6.08 Å². The molecule has 0 saturated heterocycles. The van der Waals surface area contributed by atoms with Gasteiger partial charge in [0.25, 0.3) is 0 Å². The average Bonchev–Trinajstić information content (AvgIpc) is 1.86. The van der Waals surface area contributed by atoms with Crippen molar-refractivity contribution in [2.45, 2.75) is 10.9 Å². The molecular weight excluding hydrogens is 263 g/mol. The van der Waals surface area contributed by atoms with Crippen LogP contribution in [0, 0.1) is 0 Å². The second kappa shape index (κ2) is 3.08. The van der Waals surface area contributed by atoms with Crippen LogP contribution >= 0.6 is 22.6 Å². The van der Waals surface area contributed by atoms with Gasteiger partial charge in [0.15, 0.2) is 0 Å². The molecule has 11 heavy (non-hydrogen) atoms. The third-order valence-electron chi connectivity index (χ3n) is 1.46. The Hall–Kier alpha value is -0.130. The first-order valence-corrected chi connectivity index (χ1v) is 4.26. The zero-order valence-corrected chi connectivity index (χ0v) is 8.15. The van der Waals surface area contributed by atoms with Crippen LogP contribution in [-0.4, -0.2) is 10.5 Å². The summed E-state index contributed by atoms with van der Waals surface area (Å²) in [6, 6.07) is 0. The number of hydrogen-bond acceptors (Lipinski definition) is 1. The van der Waals surface area contributed by atoms with Crippen molar-refractivity contribution >= 4 is 22.6 Å². The normalized spacial score (nSPS) is 18.5. The molecule has 0 bridgehead atoms. The molecule has 0 fully saturated rings. The van der Waals surface area contributed by atoms with Crippen LogP contribution in [0.4, 0.5) is 8.78 Å². The van der Waals surface area contributed by atoms with Gasteiger partial charge in [-0.05, 0) is 13.0 Å². The van der Waals surface area contributed by atoms with Gasteiger partial charge in [-0.3, -0.25) is 0 Å². The Kier molecular flexibility index (Phi) is 2.51. The van der Waals surface area contributed by atoms with Gasteiger partial charge in [0, 0.05) is 40.4 Å². The van der Waals surface area contributed by atoms with Crippen molar-refractivity contribution in [3.05, 3.63) is 23.4 Å². The van der Waals surface area contributed by atoms with Gasteiger partial charge in [0.05, 0.1) is 0 Å². The minimum Gasteiger partial charge on any atom is -0.385 e. The van der Waals surface area contributed by atoms with Crippen LogP contribution in [0.3, 0.4) is 0 Å². The molecule has 0 aromatic heterocycles. The standard InChI is InChI=1S/C7H8F2IN/c1-5-2-3-6(4-11-5)7(8,9)10/h2-3,11H,4H2,1H3. The summed E-state index contributed by atoms with van der Waals surface area (Å²) < 4.78 is 22.4. The molecule has 0 saturated carbocycles.